The monoisotopic (exact) mass is 672 g/mol. The number of Topliss-reactive ketones (excluding diaryl/α,β-unsaturated/α-hetero) is 1. The Morgan fingerprint density at radius 2 is 1.44 bits per heavy atom. The number of aromatic hydroxyl groups is 1. The minimum absolute atomic E-state index is 0.142. The molecule has 3 aromatic rings. The van der Waals surface area contributed by atoms with Gasteiger partial charge < -0.3 is 19.5 Å². The maximum Gasteiger partial charge on any atom is 0.238 e. The highest BCUT2D eigenvalue weighted by Crippen LogP contribution is 2.56. The molecule has 4 atom stereocenters. The maximum atomic E-state index is 14.3. The molecule has 0 aromatic heterocycles. The zero-order chi connectivity index (χ0) is 35.4. The second kappa shape index (κ2) is 12.6. The lowest BCUT2D eigenvalue weighted by molar-refractivity contribution is -0.123. The van der Waals surface area contributed by atoms with Gasteiger partial charge in [-0.15, -0.1) is 0 Å². The van der Waals surface area contributed by atoms with Crippen molar-refractivity contribution >= 4 is 46.1 Å². The Kier molecular flexibility index (Phi) is 8.21. The number of allylic oxidation sites excluding steroid dienone is 6. The molecule has 1 saturated heterocycles. The summed E-state index contributed by atoms with van der Waals surface area (Å²) in [6.07, 6.45) is 3.73. The van der Waals surface area contributed by atoms with Crippen LogP contribution in [0.4, 0.5) is 22.7 Å². The zero-order valence-electron chi connectivity index (χ0n) is 28.3. The third kappa shape index (κ3) is 5.29. The number of benzene rings is 3. The number of ketones is 2. The van der Waals surface area contributed by atoms with E-state index in [1.807, 2.05) is 49.3 Å². The predicted octanol–water partition coefficient (Wildman–Crippen LogP) is 6.52. The van der Waals surface area contributed by atoms with Crippen molar-refractivity contribution in [2.75, 3.05) is 38.1 Å². The molecule has 7 rings (SSSR count). The van der Waals surface area contributed by atoms with Crippen molar-refractivity contribution in [3.8, 4) is 17.2 Å². The normalized spacial score (nSPS) is 23.0. The number of imide groups is 1. The number of ether oxygens (including phenoxy) is 2. The van der Waals surface area contributed by atoms with Gasteiger partial charge in [-0.3, -0.25) is 24.1 Å². The average Bonchev–Trinajstić information content (AvgIpc) is 3.38. The van der Waals surface area contributed by atoms with Crippen molar-refractivity contribution in [3.05, 3.63) is 101 Å². The molecule has 50 heavy (non-hydrogen) atoms. The van der Waals surface area contributed by atoms with Crippen LogP contribution in [0.15, 0.2) is 105 Å². The van der Waals surface area contributed by atoms with Gasteiger partial charge in [0.2, 0.25) is 17.6 Å². The number of anilines is 2. The van der Waals surface area contributed by atoms with Gasteiger partial charge in [0.25, 0.3) is 0 Å². The van der Waals surface area contributed by atoms with E-state index in [9.17, 15) is 24.3 Å². The molecule has 11 heteroatoms. The second-order valence-electron chi connectivity index (χ2n) is 13.1. The quantitative estimate of drug-likeness (QED) is 0.130. The lowest BCUT2D eigenvalue weighted by atomic mass is 9.59. The number of phenolic OH excluding ortho intramolecular Hbond substituents is 1. The van der Waals surface area contributed by atoms with Crippen LogP contribution >= 0.6 is 0 Å². The molecule has 2 amide bonds. The van der Waals surface area contributed by atoms with Gasteiger partial charge in [-0.2, -0.15) is 10.2 Å². The van der Waals surface area contributed by atoms with Gasteiger partial charge in [0.15, 0.2) is 23.1 Å². The van der Waals surface area contributed by atoms with Crippen molar-refractivity contribution < 1.29 is 33.8 Å². The number of amides is 2. The van der Waals surface area contributed by atoms with E-state index in [2.05, 4.69) is 10.2 Å². The molecule has 4 aliphatic rings. The lowest BCUT2D eigenvalue weighted by Gasteiger charge is -2.42. The maximum absolute atomic E-state index is 14.3. The van der Waals surface area contributed by atoms with E-state index in [1.165, 1.54) is 25.2 Å². The summed E-state index contributed by atoms with van der Waals surface area (Å²) in [5.74, 6) is -3.70. The predicted molar refractivity (Wildman–Crippen MR) is 186 cm³/mol. The van der Waals surface area contributed by atoms with Crippen LogP contribution in [-0.4, -0.2) is 56.8 Å². The van der Waals surface area contributed by atoms with E-state index in [-0.39, 0.29) is 47.1 Å². The second-order valence-corrected chi connectivity index (χ2v) is 13.1. The number of methoxy groups -OCH3 is 2. The summed E-state index contributed by atoms with van der Waals surface area (Å²) in [6.45, 7) is 1.61. The first kappa shape index (κ1) is 32.7. The van der Waals surface area contributed by atoms with Crippen molar-refractivity contribution in [3.63, 3.8) is 0 Å². The van der Waals surface area contributed by atoms with Crippen LogP contribution in [0.3, 0.4) is 0 Å². The fourth-order valence-electron chi connectivity index (χ4n) is 7.68. The number of azo groups is 1. The standard InChI is InChI=1S/C39H36N4O7/c1-20-16-30(44)29-19-28-26(33(35(29)36(20)45)21-17-31(49-4)37(46)32(18-21)50-5)14-15-27-34(28)39(48)43(38(27)47)25-12-8-23(9-13-25)41-40-22-6-10-24(11-7-22)42(2)3/h6-14,16-18,27-28,33-34,46H,15,19H2,1-5H3/t27-,28+,33-,34-/m0/s1. The van der Waals surface area contributed by atoms with E-state index < -0.39 is 23.7 Å². The number of fused-ring (bicyclic) bond motifs is 3. The number of phenols is 1. The third-order valence-electron chi connectivity index (χ3n) is 10.2. The Balaban J connectivity index is 1.22. The summed E-state index contributed by atoms with van der Waals surface area (Å²) in [4.78, 5) is 58.7. The molecule has 0 radical (unpaired) electrons. The topological polar surface area (TPSA) is 138 Å². The number of carbonyl (C=O) groups is 4. The first-order chi connectivity index (χ1) is 24.0. The molecule has 3 aromatic carbocycles. The number of carbonyl (C=O) groups excluding carboxylic acids is 4. The Labute approximate surface area is 289 Å². The summed E-state index contributed by atoms with van der Waals surface area (Å²) in [5.41, 5.74) is 5.08. The van der Waals surface area contributed by atoms with E-state index >= 15 is 0 Å². The Morgan fingerprint density at radius 3 is 2.02 bits per heavy atom. The van der Waals surface area contributed by atoms with Gasteiger partial charge in [0.1, 0.15) is 0 Å². The van der Waals surface area contributed by atoms with Gasteiger partial charge in [-0.05, 0) is 98.0 Å². The van der Waals surface area contributed by atoms with Crippen LogP contribution in [0.1, 0.15) is 31.2 Å². The van der Waals surface area contributed by atoms with E-state index in [0.717, 1.165) is 11.3 Å². The van der Waals surface area contributed by atoms with Crippen LogP contribution in [-0.2, 0) is 19.2 Å². The van der Waals surface area contributed by atoms with Gasteiger partial charge in [-0.25, -0.2) is 0 Å². The largest absolute Gasteiger partial charge is 0.502 e. The fourth-order valence-corrected chi connectivity index (χ4v) is 7.68. The average molecular weight is 673 g/mol. The summed E-state index contributed by atoms with van der Waals surface area (Å²) in [5, 5.41) is 19.3. The number of hydrogen-bond donors (Lipinski definition) is 1. The Bertz CT molecular complexity index is 2050. The molecule has 1 heterocycles. The fraction of sp³-hybridized carbons (Fsp3) is 0.282. The van der Waals surface area contributed by atoms with Gasteiger partial charge in [-0.1, -0.05) is 11.6 Å². The highest BCUT2D eigenvalue weighted by atomic mass is 16.5. The number of rotatable bonds is 7. The summed E-state index contributed by atoms with van der Waals surface area (Å²) >= 11 is 0. The van der Waals surface area contributed by atoms with Crippen LogP contribution in [0.5, 0.6) is 17.2 Å². The van der Waals surface area contributed by atoms with Crippen molar-refractivity contribution in [2.45, 2.75) is 25.7 Å². The van der Waals surface area contributed by atoms with Crippen LogP contribution in [0.2, 0.25) is 0 Å². The molecule has 0 bridgehead atoms. The van der Waals surface area contributed by atoms with Gasteiger partial charge >= 0.3 is 0 Å². The van der Waals surface area contributed by atoms with Crippen LogP contribution in [0, 0.1) is 17.8 Å². The molecule has 11 nitrogen and oxygen atoms in total. The highest BCUT2D eigenvalue weighted by Gasteiger charge is 2.56. The molecule has 0 spiro atoms. The number of hydrogen-bond acceptors (Lipinski definition) is 10. The summed E-state index contributed by atoms with van der Waals surface area (Å²) in [7, 11) is 6.75. The first-order valence-electron chi connectivity index (χ1n) is 16.3. The summed E-state index contributed by atoms with van der Waals surface area (Å²) in [6, 6.07) is 17.7. The lowest BCUT2D eigenvalue weighted by Crippen LogP contribution is -2.39. The molecular formula is C39H36N4O7. The highest BCUT2D eigenvalue weighted by molar-refractivity contribution is 6.25. The Hall–Kier alpha value is -5.84. The molecule has 3 aliphatic carbocycles. The minimum atomic E-state index is -0.737. The van der Waals surface area contributed by atoms with E-state index in [1.54, 1.807) is 43.3 Å². The van der Waals surface area contributed by atoms with Gasteiger partial charge in [0.05, 0.1) is 43.1 Å². The van der Waals surface area contributed by atoms with Crippen molar-refractivity contribution in [1.82, 2.24) is 0 Å². The smallest absolute Gasteiger partial charge is 0.238 e. The molecule has 0 unspecified atom stereocenters. The van der Waals surface area contributed by atoms with Crippen LogP contribution in [0.25, 0.3) is 0 Å². The molecule has 254 valence electrons. The molecule has 1 N–H and O–H groups in total. The Morgan fingerprint density at radius 1 is 0.840 bits per heavy atom. The molecule has 1 aliphatic heterocycles. The van der Waals surface area contributed by atoms with Gasteiger partial charge in [0, 0.05) is 42.4 Å². The zero-order valence-corrected chi connectivity index (χ0v) is 28.3. The molecule has 0 saturated carbocycles. The molecule has 1 fully saturated rings. The first-order valence-corrected chi connectivity index (χ1v) is 16.3. The van der Waals surface area contributed by atoms with Crippen molar-refractivity contribution in [1.29, 1.82) is 0 Å². The van der Waals surface area contributed by atoms with Crippen molar-refractivity contribution in [2.24, 2.45) is 28.0 Å². The van der Waals surface area contributed by atoms with E-state index in [0.29, 0.717) is 45.8 Å². The number of nitrogens with zero attached hydrogens (tertiary/aromatic N) is 4. The van der Waals surface area contributed by atoms with Crippen LogP contribution < -0.4 is 19.3 Å². The SMILES string of the molecule is COc1cc([C@H]2C3=CC[C@@H]4C(=O)N(c5ccc(N=Nc6ccc(N(C)C)cc6)cc5)C(=O)[C@@H]4[C@@H]3CC3=C2C(=O)C(C)=CC3=O)cc(OC)c1O. The minimum Gasteiger partial charge on any atom is -0.502 e. The molecular weight excluding hydrogens is 636 g/mol. The third-order valence-corrected chi connectivity index (χ3v) is 10.2. The van der Waals surface area contributed by atoms with E-state index in [4.69, 9.17) is 9.47 Å². The summed E-state index contributed by atoms with van der Waals surface area (Å²) < 4.78 is 10.9.